The fraction of sp³-hybridized carbons (Fsp3) is 0.357. The Balaban J connectivity index is 1.56. The van der Waals surface area contributed by atoms with Crippen LogP contribution in [0.4, 0.5) is 5.69 Å². The lowest BCUT2D eigenvalue weighted by Crippen LogP contribution is -2.28. The molecule has 2 N–H and O–H groups in total. The Kier molecular flexibility index (Phi) is 4.17. The van der Waals surface area contributed by atoms with Gasteiger partial charge in [-0.15, -0.1) is 0 Å². The van der Waals surface area contributed by atoms with Gasteiger partial charge in [0.15, 0.2) is 5.17 Å². The number of thioether (sulfide) groups is 1. The second-order valence-corrected chi connectivity index (χ2v) is 6.65. The lowest BCUT2D eigenvalue weighted by Gasteiger charge is -2.07. The standard InChI is InChI=1S/C14H14ClN3O2S/c15-8-2-1-3-10(6-8)16-12(19)7-11-13(20)18-14(21-11)17-9-4-5-9/h1-3,6,9,11H,4-5,7H2,(H,16,19)(H,17,18,20)/t11-/m1/s1. The van der Waals surface area contributed by atoms with Crippen molar-refractivity contribution in [1.82, 2.24) is 5.32 Å². The van der Waals surface area contributed by atoms with Crippen molar-refractivity contribution in [2.75, 3.05) is 5.32 Å². The Labute approximate surface area is 131 Å². The summed E-state index contributed by atoms with van der Waals surface area (Å²) in [6, 6.07) is 7.27. The van der Waals surface area contributed by atoms with Crippen LogP contribution in [0.5, 0.6) is 0 Å². The Morgan fingerprint density at radius 3 is 3.00 bits per heavy atom. The van der Waals surface area contributed by atoms with E-state index < -0.39 is 5.25 Å². The fourth-order valence-corrected chi connectivity index (χ4v) is 3.15. The van der Waals surface area contributed by atoms with Crippen molar-refractivity contribution in [2.24, 2.45) is 4.99 Å². The molecule has 3 rings (SSSR count). The first kappa shape index (κ1) is 14.4. The zero-order valence-corrected chi connectivity index (χ0v) is 12.7. The molecule has 0 radical (unpaired) electrons. The number of aliphatic imine (C=N–C) groups is 1. The zero-order chi connectivity index (χ0) is 14.8. The van der Waals surface area contributed by atoms with Gasteiger partial charge >= 0.3 is 0 Å². The van der Waals surface area contributed by atoms with Gasteiger partial charge in [0, 0.05) is 17.1 Å². The van der Waals surface area contributed by atoms with Gasteiger partial charge in [-0.05, 0) is 31.0 Å². The monoisotopic (exact) mass is 323 g/mol. The van der Waals surface area contributed by atoms with Crippen molar-refractivity contribution < 1.29 is 9.59 Å². The van der Waals surface area contributed by atoms with E-state index in [0.717, 1.165) is 12.8 Å². The molecule has 1 saturated carbocycles. The van der Waals surface area contributed by atoms with E-state index in [4.69, 9.17) is 11.6 Å². The molecule has 7 heteroatoms. The topological polar surface area (TPSA) is 70.6 Å². The average molecular weight is 324 g/mol. The predicted octanol–water partition coefficient (Wildman–Crippen LogP) is 2.42. The SMILES string of the molecule is O=C(C[C@H]1SC(=NC2CC2)NC1=O)Nc1cccc(Cl)c1. The highest BCUT2D eigenvalue weighted by atomic mass is 35.5. The molecule has 110 valence electrons. The van der Waals surface area contributed by atoms with E-state index in [9.17, 15) is 9.59 Å². The van der Waals surface area contributed by atoms with E-state index in [1.807, 2.05) is 0 Å². The van der Waals surface area contributed by atoms with Crippen LogP contribution in [0.2, 0.25) is 5.02 Å². The maximum atomic E-state index is 12.0. The Morgan fingerprint density at radius 1 is 1.48 bits per heavy atom. The normalized spacial score (nSPS) is 23.2. The second kappa shape index (κ2) is 6.07. The number of hydrogen-bond donors (Lipinski definition) is 2. The van der Waals surface area contributed by atoms with Crippen molar-refractivity contribution >= 4 is 46.0 Å². The molecule has 2 amide bonds. The van der Waals surface area contributed by atoms with Crippen LogP contribution < -0.4 is 10.6 Å². The third-order valence-corrected chi connectivity index (χ3v) is 4.43. The molecular formula is C14H14ClN3O2S. The summed E-state index contributed by atoms with van der Waals surface area (Å²) >= 11 is 7.19. The minimum atomic E-state index is -0.415. The summed E-state index contributed by atoms with van der Waals surface area (Å²) < 4.78 is 0. The number of nitrogens with zero attached hydrogens (tertiary/aromatic N) is 1. The highest BCUT2D eigenvalue weighted by Gasteiger charge is 2.33. The summed E-state index contributed by atoms with van der Waals surface area (Å²) in [6.07, 6.45) is 2.28. The average Bonchev–Trinajstić information content (AvgIpc) is 3.15. The van der Waals surface area contributed by atoms with Crippen LogP contribution in [-0.4, -0.2) is 28.3 Å². The Hall–Kier alpha value is -1.53. The largest absolute Gasteiger partial charge is 0.326 e. The summed E-state index contributed by atoms with van der Waals surface area (Å²) in [4.78, 5) is 28.2. The van der Waals surface area contributed by atoms with E-state index in [1.54, 1.807) is 24.3 Å². The summed E-state index contributed by atoms with van der Waals surface area (Å²) in [6.45, 7) is 0. The molecule has 21 heavy (non-hydrogen) atoms. The van der Waals surface area contributed by atoms with E-state index in [1.165, 1.54) is 11.8 Å². The quantitative estimate of drug-likeness (QED) is 0.894. The Bertz CT molecular complexity index is 616. The first-order valence-electron chi connectivity index (χ1n) is 6.71. The van der Waals surface area contributed by atoms with Gasteiger partial charge in [-0.2, -0.15) is 0 Å². The maximum Gasteiger partial charge on any atom is 0.240 e. The molecule has 0 unspecified atom stereocenters. The van der Waals surface area contributed by atoms with Crippen LogP contribution in [0.1, 0.15) is 19.3 Å². The number of benzene rings is 1. The molecule has 0 bridgehead atoms. The van der Waals surface area contributed by atoms with Gasteiger partial charge in [-0.1, -0.05) is 29.4 Å². The van der Waals surface area contributed by atoms with Crippen LogP contribution in [0.3, 0.4) is 0 Å². The summed E-state index contributed by atoms with van der Waals surface area (Å²) in [5.74, 6) is -0.363. The van der Waals surface area contributed by atoms with E-state index in [2.05, 4.69) is 15.6 Å². The second-order valence-electron chi connectivity index (χ2n) is 5.02. The number of carbonyl (C=O) groups excluding carboxylic acids is 2. The summed E-state index contributed by atoms with van der Waals surface area (Å²) in [5, 5.41) is 6.25. The number of amidine groups is 1. The van der Waals surface area contributed by atoms with Gasteiger partial charge in [-0.25, -0.2) is 0 Å². The van der Waals surface area contributed by atoms with Crippen molar-refractivity contribution in [2.45, 2.75) is 30.6 Å². The van der Waals surface area contributed by atoms with Gasteiger partial charge in [0.25, 0.3) is 0 Å². The predicted molar refractivity (Wildman–Crippen MR) is 84.7 cm³/mol. The van der Waals surface area contributed by atoms with Crippen LogP contribution in [0.15, 0.2) is 29.3 Å². The molecule has 2 fully saturated rings. The molecule has 2 aliphatic rings. The van der Waals surface area contributed by atoms with E-state index in [-0.39, 0.29) is 18.2 Å². The minimum absolute atomic E-state index is 0.118. The molecular weight excluding hydrogens is 310 g/mol. The molecule has 1 aliphatic carbocycles. The molecule has 1 aliphatic heterocycles. The van der Waals surface area contributed by atoms with Crippen molar-refractivity contribution in [3.63, 3.8) is 0 Å². The third-order valence-electron chi connectivity index (χ3n) is 3.10. The smallest absolute Gasteiger partial charge is 0.240 e. The minimum Gasteiger partial charge on any atom is -0.326 e. The van der Waals surface area contributed by atoms with Gasteiger partial charge in [-0.3, -0.25) is 14.6 Å². The summed E-state index contributed by atoms with van der Waals surface area (Å²) in [7, 11) is 0. The first-order valence-corrected chi connectivity index (χ1v) is 7.96. The fourth-order valence-electron chi connectivity index (χ4n) is 1.92. The summed E-state index contributed by atoms with van der Waals surface area (Å²) in [5.41, 5.74) is 0.628. The lowest BCUT2D eigenvalue weighted by molar-refractivity contribution is -0.122. The molecule has 1 aromatic rings. The van der Waals surface area contributed by atoms with Crippen LogP contribution in [0, 0.1) is 0 Å². The van der Waals surface area contributed by atoms with Gasteiger partial charge in [0.1, 0.15) is 5.25 Å². The number of amides is 2. The van der Waals surface area contributed by atoms with Crippen LogP contribution in [-0.2, 0) is 9.59 Å². The van der Waals surface area contributed by atoms with E-state index >= 15 is 0 Å². The van der Waals surface area contributed by atoms with Crippen molar-refractivity contribution in [3.8, 4) is 0 Å². The third kappa shape index (κ3) is 3.98. The number of carbonyl (C=O) groups is 2. The highest BCUT2D eigenvalue weighted by Crippen LogP contribution is 2.29. The van der Waals surface area contributed by atoms with Crippen LogP contribution in [0.25, 0.3) is 0 Å². The van der Waals surface area contributed by atoms with Gasteiger partial charge in [0.05, 0.1) is 6.04 Å². The molecule has 1 atom stereocenters. The maximum absolute atomic E-state index is 12.0. The van der Waals surface area contributed by atoms with Crippen molar-refractivity contribution in [1.29, 1.82) is 0 Å². The molecule has 0 aromatic heterocycles. The van der Waals surface area contributed by atoms with Crippen molar-refractivity contribution in [3.05, 3.63) is 29.3 Å². The Morgan fingerprint density at radius 2 is 2.29 bits per heavy atom. The van der Waals surface area contributed by atoms with Crippen LogP contribution >= 0.6 is 23.4 Å². The number of hydrogen-bond acceptors (Lipinski definition) is 4. The first-order chi connectivity index (χ1) is 10.1. The molecule has 1 saturated heterocycles. The van der Waals surface area contributed by atoms with Gasteiger partial charge < -0.3 is 10.6 Å². The zero-order valence-electron chi connectivity index (χ0n) is 11.1. The molecule has 0 spiro atoms. The highest BCUT2D eigenvalue weighted by molar-refractivity contribution is 8.15. The van der Waals surface area contributed by atoms with E-state index in [0.29, 0.717) is 21.9 Å². The molecule has 1 aromatic carbocycles. The number of halogens is 1. The lowest BCUT2D eigenvalue weighted by atomic mass is 10.2. The number of rotatable bonds is 4. The molecule has 1 heterocycles. The van der Waals surface area contributed by atoms with Gasteiger partial charge in [0.2, 0.25) is 11.8 Å². The number of nitrogens with one attached hydrogen (secondary N) is 2. The molecule has 5 nitrogen and oxygen atoms in total. The number of anilines is 1.